The molecule has 3 heterocycles. The van der Waals surface area contributed by atoms with Gasteiger partial charge in [0.1, 0.15) is 11.6 Å². The highest BCUT2D eigenvalue weighted by atomic mass is 32.1. The average molecular weight is 436 g/mol. The topological polar surface area (TPSA) is 85.8 Å². The predicted octanol–water partition coefficient (Wildman–Crippen LogP) is 5.06. The summed E-state index contributed by atoms with van der Waals surface area (Å²) in [5, 5.41) is 3.43. The molecule has 0 aliphatic heterocycles. The number of anilines is 1. The summed E-state index contributed by atoms with van der Waals surface area (Å²) < 4.78 is 7.79. The van der Waals surface area contributed by atoms with Gasteiger partial charge in [0, 0.05) is 42.5 Å². The van der Waals surface area contributed by atoms with Gasteiger partial charge in [-0.15, -0.1) is 0 Å². The zero-order valence-corrected chi connectivity index (χ0v) is 18.9. The van der Waals surface area contributed by atoms with Gasteiger partial charge in [0.2, 0.25) is 11.8 Å². The number of carbonyl (C=O) groups excluding carboxylic acids is 1. The third kappa shape index (κ3) is 4.91. The van der Waals surface area contributed by atoms with E-state index < -0.39 is 0 Å². The van der Waals surface area contributed by atoms with E-state index in [0.29, 0.717) is 23.9 Å². The first kappa shape index (κ1) is 21.0. The number of imidazole rings is 1. The minimum atomic E-state index is -0.0838. The summed E-state index contributed by atoms with van der Waals surface area (Å²) in [6.45, 7) is 6.24. The maximum Gasteiger partial charge on any atom is 0.226 e. The third-order valence-corrected chi connectivity index (χ3v) is 5.76. The Hall–Kier alpha value is -3.26. The van der Waals surface area contributed by atoms with Crippen LogP contribution in [0.3, 0.4) is 0 Å². The summed E-state index contributed by atoms with van der Waals surface area (Å²) in [7, 11) is 1.97. The van der Waals surface area contributed by atoms with Gasteiger partial charge in [-0.2, -0.15) is 0 Å². The first-order valence-electron chi connectivity index (χ1n) is 10.1. The Morgan fingerprint density at radius 1 is 1.19 bits per heavy atom. The molecule has 31 heavy (non-hydrogen) atoms. The molecule has 0 aliphatic rings. The predicted molar refractivity (Wildman–Crippen MR) is 124 cm³/mol. The van der Waals surface area contributed by atoms with E-state index in [0.717, 1.165) is 27.5 Å². The van der Waals surface area contributed by atoms with Gasteiger partial charge in [-0.05, 0) is 18.2 Å². The van der Waals surface area contributed by atoms with Gasteiger partial charge >= 0.3 is 0 Å². The minimum Gasteiger partial charge on any atom is -0.441 e. The fourth-order valence-corrected chi connectivity index (χ4v) is 3.85. The lowest BCUT2D eigenvalue weighted by atomic mass is 9.94. The van der Waals surface area contributed by atoms with Crippen molar-refractivity contribution in [2.45, 2.75) is 39.0 Å². The molecule has 160 valence electrons. The third-order valence-electron chi connectivity index (χ3n) is 4.88. The SMILES string of the molecule is Cn1c(CCC(=O)Nc2ncc(/C=C/c3ncc(C(C)(C)C)o3)s2)nc2ccccc21. The highest BCUT2D eigenvalue weighted by Crippen LogP contribution is 2.25. The van der Waals surface area contributed by atoms with Gasteiger partial charge in [0.05, 0.1) is 17.2 Å². The largest absolute Gasteiger partial charge is 0.441 e. The zero-order valence-electron chi connectivity index (χ0n) is 18.0. The van der Waals surface area contributed by atoms with Crippen molar-refractivity contribution >= 4 is 45.6 Å². The number of hydrogen-bond acceptors (Lipinski definition) is 6. The molecule has 0 spiro atoms. The monoisotopic (exact) mass is 435 g/mol. The molecule has 4 rings (SSSR count). The standard InChI is InChI=1S/C23H25N5O2S/c1-23(2,3)18-14-24-21(30-18)12-9-15-13-25-22(31-15)27-20(29)11-10-19-26-16-7-5-6-8-17(16)28(19)4/h5-9,12-14H,10-11H2,1-4H3,(H,25,27,29)/b12-9+. The highest BCUT2D eigenvalue weighted by molar-refractivity contribution is 7.16. The van der Waals surface area contributed by atoms with Crippen molar-refractivity contribution in [2.75, 3.05) is 5.32 Å². The molecule has 0 saturated carbocycles. The molecule has 0 aliphatic carbocycles. The Balaban J connectivity index is 1.33. The zero-order chi connectivity index (χ0) is 22.0. The van der Waals surface area contributed by atoms with Crippen LogP contribution in [0, 0.1) is 0 Å². The number of fused-ring (bicyclic) bond motifs is 1. The van der Waals surface area contributed by atoms with E-state index in [9.17, 15) is 4.79 Å². The Labute approximate surface area is 184 Å². The molecule has 1 amide bonds. The van der Waals surface area contributed by atoms with Crippen LogP contribution in [-0.2, 0) is 23.7 Å². The van der Waals surface area contributed by atoms with Crippen molar-refractivity contribution in [2.24, 2.45) is 7.05 Å². The van der Waals surface area contributed by atoms with E-state index in [1.54, 1.807) is 18.5 Å². The number of thiazole rings is 1. The normalized spacial score (nSPS) is 12.1. The van der Waals surface area contributed by atoms with E-state index in [-0.39, 0.29) is 11.3 Å². The smallest absolute Gasteiger partial charge is 0.226 e. The molecule has 1 aromatic carbocycles. The Kier molecular flexibility index (Phi) is 5.73. The lowest BCUT2D eigenvalue weighted by Gasteiger charge is -2.12. The fourth-order valence-electron chi connectivity index (χ4n) is 3.11. The highest BCUT2D eigenvalue weighted by Gasteiger charge is 2.18. The number of rotatable bonds is 6. The van der Waals surface area contributed by atoms with Crippen molar-refractivity contribution in [3.05, 3.63) is 59.0 Å². The summed E-state index contributed by atoms with van der Waals surface area (Å²) in [6, 6.07) is 7.95. The minimum absolute atomic E-state index is 0.0807. The van der Waals surface area contributed by atoms with Crippen LogP contribution in [0.25, 0.3) is 23.2 Å². The molecule has 0 saturated heterocycles. The molecule has 4 aromatic rings. The van der Waals surface area contributed by atoms with Gasteiger partial charge in [-0.1, -0.05) is 44.2 Å². The van der Waals surface area contributed by atoms with Crippen molar-refractivity contribution < 1.29 is 9.21 Å². The number of benzene rings is 1. The number of amides is 1. The van der Waals surface area contributed by atoms with Crippen molar-refractivity contribution in [1.29, 1.82) is 0 Å². The van der Waals surface area contributed by atoms with Crippen molar-refractivity contribution in [3.8, 4) is 0 Å². The number of aromatic nitrogens is 4. The van der Waals surface area contributed by atoms with Crippen LogP contribution in [0.2, 0.25) is 0 Å². The van der Waals surface area contributed by atoms with E-state index in [4.69, 9.17) is 4.42 Å². The van der Waals surface area contributed by atoms with Gasteiger partial charge in [-0.3, -0.25) is 4.79 Å². The second kappa shape index (κ2) is 8.47. The van der Waals surface area contributed by atoms with Crippen LogP contribution < -0.4 is 5.32 Å². The maximum atomic E-state index is 12.4. The molecular weight excluding hydrogens is 410 g/mol. The van der Waals surface area contributed by atoms with Gasteiger partial charge in [0.15, 0.2) is 5.13 Å². The molecule has 7 nitrogen and oxygen atoms in total. The lowest BCUT2D eigenvalue weighted by Crippen LogP contribution is -2.13. The van der Waals surface area contributed by atoms with E-state index in [1.165, 1.54) is 11.3 Å². The Morgan fingerprint density at radius 3 is 2.74 bits per heavy atom. The first-order chi connectivity index (χ1) is 14.8. The molecule has 8 heteroatoms. The summed E-state index contributed by atoms with van der Waals surface area (Å²) in [5.74, 6) is 2.19. The number of oxazole rings is 1. The molecular formula is C23H25N5O2S. The van der Waals surface area contributed by atoms with Crippen LogP contribution in [0.15, 0.2) is 41.1 Å². The average Bonchev–Trinajstić information content (AvgIpc) is 3.44. The number of hydrogen-bond donors (Lipinski definition) is 1. The van der Waals surface area contributed by atoms with Gasteiger partial charge < -0.3 is 14.3 Å². The summed E-state index contributed by atoms with van der Waals surface area (Å²) in [4.78, 5) is 26.5. The van der Waals surface area contributed by atoms with E-state index in [1.807, 2.05) is 42.0 Å². The molecule has 0 radical (unpaired) electrons. The van der Waals surface area contributed by atoms with Crippen LogP contribution in [0.1, 0.15) is 49.5 Å². The number of carbonyl (C=O) groups is 1. The molecule has 1 N–H and O–H groups in total. The lowest BCUT2D eigenvalue weighted by molar-refractivity contribution is -0.116. The molecule has 0 bridgehead atoms. The van der Waals surface area contributed by atoms with E-state index in [2.05, 4.69) is 41.0 Å². The van der Waals surface area contributed by atoms with Gasteiger partial charge in [-0.25, -0.2) is 15.0 Å². The van der Waals surface area contributed by atoms with Crippen molar-refractivity contribution in [3.63, 3.8) is 0 Å². The number of nitrogens with one attached hydrogen (secondary N) is 1. The molecule has 0 unspecified atom stereocenters. The van der Waals surface area contributed by atoms with Crippen LogP contribution in [-0.4, -0.2) is 25.4 Å². The van der Waals surface area contributed by atoms with Crippen LogP contribution in [0.5, 0.6) is 0 Å². The number of nitrogens with zero attached hydrogens (tertiary/aromatic N) is 4. The van der Waals surface area contributed by atoms with Crippen molar-refractivity contribution in [1.82, 2.24) is 19.5 Å². The second-order valence-corrected chi connectivity index (χ2v) is 9.40. The first-order valence-corrected chi connectivity index (χ1v) is 10.9. The Bertz CT molecular complexity index is 1240. The summed E-state index contributed by atoms with van der Waals surface area (Å²) in [6.07, 6.45) is 8.06. The summed E-state index contributed by atoms with van der Waals surface area (Å²) in [5.41, 5.74) is 1.93. The number of aryl methyl sites for hydroxylation is 2. The maximum absolute atomic E-state index is 12.4. The Morgan fingerprint density at radius 2 is 2.00 bits per heavy atom. The molecule has 0 atom stereocenters. The van der Waals surface area contributed by atoms with E-state index >= 15 is 0 Å². The van der Waals surface area contributed by atoms with Gasteiger partial charge in [0.25, 0.3) is 0 Å². The summed E-state index contributed by atoms with van der Waals surface area (Å²) >= 11 is 1.40. The fraction of sp³-hybridized carbons (Fsp3) is 0.304. The molecule has 0 fully saturated rings. The van der Waals surface area contributed by atoms with Crippen LogP contribution >= 0.6 is 11.3 Å². The quantitative estimate of drug-likeness (QED) is 0.458. The van der Waals surface area contributed by atoms with Crippen LogP contribution in [0.4, 0.5) is 5.13 Å². The second-order valence-electron chi connectivity index (χ2n) is 8.34. The molecule has 3 aromatic heterocycles. The number of para-hydroxylation sites is 2.